The second-order valence-electron chi connectivity index (χ2n) is 3.86. The van der Waals surface area contributed by atoms with Crippen LogP contribution in [0.3, 0.4) is 0 Å². The maximum atomic E-state index is 9.05. The second kappa shape index (κ2) is 7.33. The Morgan fingerprint density at radius 3 is 2.62 bits per heavy atom. The van der Waals surface area contributed by atoms with Crippen molar-refractivity contribution in [2.75, 3.05) is 13.2 Å². The van der Waals surface area contributed by atoms with E-state index in [0.717, 1.165) is 18.4 Å². The van der Waals surface area contributed by atoms with E-state index in [-0.39, 0.29) is 25.3 Å². The summed E-state index contributed by atoms with van der Waals surface area (Å²) in [6.45, 7) is 1.99. The van der Waals surface area contributed by atoms with Crippen LogP contribution in [0.15, 0.2) is 24.5 Å². The minimum absolute atomic E-state index is 0.0586. The zero-order valence-electron chi connectivity index (χ0n) is 9.63. The zero-order chi connectivity index (χ0) is 11.8. The van der Waals surface area contributed by atoms with E-state index in [0.29, 0.717) is 0 Å². The van der Waals surface area contributed by atoms with Crippen LogP contribution in [0.2, 0.25) is 0 Å². The molecule has 0 spiro atoms. The van der Waals surface area contributed by atoms with Crippen LogP contribution in [0.25, 0.3) is 0 Å². The van der Waals surface area contributed by atoms with Gasteiger partial charge in [-0.25, -0.2) is 0 Å². The first-order valence-corrected chi connectivity index (χ1v) is 5.69. The number of aliphatic hydroxyl groups excluding tert-OH is 2. The van der Waals surface area contributed by atoms with E-state index >= 15 is 0 Å². The smallest absolute Gasteiger partial charge is 0.0607 e. The summed E-state index contributed by atoms with van der Waals surface area (Å²) in [4.78, 5) is 4.08. The Bertz CT molecular complexity index is 276. The summed E-state index contributed by atoms with van der Waals surface area (Å²) >= 11 is 0. The quantitative estimate of drug-likeness (QED) is 0.643. The summed E-state index contributed by atoms with van der Waals surface area (Å²) in [5, 5.41) is 21.3. The van der Waals surface area contributed by atoms with Crippen molar-refractivity contribution in [3.8, 4) is 0 Å². The van der Waals surface area contributed by atoms with Crippen molar-refractivity contribution in [1.82, 2.24) is 10.3 Å². The molecule has 16 heavy (non-hydrogen) atoms. The Morgan fingerprint density at radius 1 is 1.38 bits per heavy atom. The van der Waals surface area contributed by atoms with Gasteiger partial charge in [-0.2, -0.15) is 0 Å². The van der Waals surface area contributed by atoms with Gasteiger partial charge in [0.15, 0.2) is 0 Å². The van der Waals surface area contributed by atoms with Gasteiger partial charge in [0.05, 0.1) is 19.3 Å². The van der Waals surface area contributed by atoms with Crippen LogP contribution >= 0.6 is 0 Å². The van der Waals surface area contributed by atoms with Crippen molar-refractivity contribution in [3.05, 3.63) is 30.1 Å². The summed E-state index contributed by atoms with van der Waals surface area (Å²) < 4.78 is 0. The zero-order valence-corrected chi connectivity index (χ0v) is 9.63. The minimum Gasteiger partial charge on any atom is -0.395 e. The highest BCUT2D eigenvalue weighted by Crippen LogP contribution is 2.17. The molecule has 0 aromatic carbocycles. The average molecular weight is 224 g/mol. The molecule has 4 nitrogen and oxygen atoms in total. The average Bonchev–Trinajstić information content (AvgIpc) is 2.35. The van der Waals surface area contributed by atoms with Gasteiger partial charge in [-0.3, -0.25) is 4.98 Å². The van der Waals surface area contributed by atoms with Crippen molar-refractivity contribution in [2.45, 2.75) is 31.8 Å². The highest BCUT2D eigenvalue weighted by molar-refractivity contribution is 5.14. The molecule has 0 saturated heterocycles. The van der Waals surface area contributed by atoms with E-state index in [1.54, 1.807) is 6.20 Å². The van der Waals surface area contributed by atoms with E-state index in [4.69, 9.17) is 10.2 Å². The molecule has 1 heterocycles. The Hall–Kier alpha value is -0.970. The fourth-order valence-corrected chi connectivity index (χ4v) is 1.66. The van der Waals surface area contributed by atoms with Gasteiger partial charge in [-0.15, -0.1) is 0 Å². The van der Waals surface area contributed by atoms with Gasteiger partial charge >= 0.3 is 0 Å². The Kier molecular flexibility index (Phi) is 6.00. The molecule has 0 fully saturated rings. The molecule has 1 aromatic rings. The number of aromatic nitrogens is 1. The maximum absolute atomic E-state index is 9.05. The van der Waals surface area contributed by atoms with E-state index in [1.807, 2.05) is 18.3 Å². The highest BCUT2D eigenvalue weighted by Gasteiger charge is 2.15. The second-order valence-corrected chi connectivity index (χ2v) is 3.86. The van der Waals surface area contributed by atoms with Crippen LogP contribution in [-0.4, -0.2) is 34.5 Å². The topological polar surface area (TPSA) is 65.4 Å². The highest BCUT2D eigenvalue weighted by atomic mass is 16.3. The third kappa shape index (κ3) is 3.89. The molecule has 3 N–H and O–H groups in total. The Labute approximate surface area is 96.3 Å². The summed E-state index contributed by atoms with van der Waals surface area (Å²) in [6.07, 6.45) is 5.56. The van der Waals surface area contributed by atoms with Crippen LogP contribution in [0.4, 0.5) is 0 Å². The van der Waals surface area contributed by atoms with Gasteiger partial charge in [0.1, 0.15) is 0 Å². The van der Waals surface area contributed by atoms with Gasteiger partial charge in [-0.05, 0) is 18.1 Å². The normalized spacial score (nSPS) is 13.0. The molecule has 4 heteroatoms. The fourth-order valence-electron chi connectivity index (χ4n) is 1.66. The largest absolute Gasteiger partial charge is 0.395 e. The minimum atomic E-state index is -0.267. The number of nitrogens with zero attached hydrogens (tertiary/aromatic N) is 1. The fraction of sp³-hybridized carbons (Fsp3) is 0.583. The molecular weight excluding hydrogens is 204 g/mol. The third-order valence-corrected chi connectivity index (χ3v) is 2.54. The van der Waals surface area contributed by atoms with Gasteiger partial charge in [0.2, 0.25) is 0 Å². The van der Waals surface area contributed by atoms with Gasteiger partial charge in [0.25, 0.3) is 0 Å². The van der Waals surface area contributed by atoms with Crippen LogP contribution in [0.1, 0.15) is 31.4 Å². The van der Waals surface area contributed by atoms with Crippen LogP contribution in [0.5, 0.6) is 0 Å². The number of hydrogen-bond acceptors (Lipinski definition) is 4. The number of hydrogen-bond donors (Lipinski definition) is 3. The molecule has 0 radical (unpaired) electrons. The number of pyridine rings is 1. The summed E-state index contributed by atoms with van der Waals surface area (Å²) in [5.74, 6) is 0. The van der Waals surface area contributed by atoms with Crippen molar-refractivity contribution in [1.29, 1.82) is 0 Å². The Morgan fingerprint density at radius 2 is 2.12 bits per heavy atom. The lowest BCUT2D eigenvalue weighted by molar-refractivity contribution is 0.160. The van der Waals surface area contributed by atoms with Crippen LogP contribution < -0.4 is 5.32 Å². The summed E-state index contributed by atoms with van der Waals surface area (Å²) in [7, 11) is 0. The van der Waals surface area contributed by atoms with Crippen LogP contribution in [0, 0.1) is 0 Å². The SMILES string of the molecule is CCCC(NC(CO)CO)c1cccnc1. The third-order valence-electron chi connectivity index (χ3n) is 2.54. The van der Waals surface area contributed by atoms with E-state index in [2.05, 4.69) is 17.2 Å². The molecular formula is C12H20N2O2. The summed E-state index contributed by atoms with van der Waals surface area (Å²) in [6, 6.07) is 3.78. The molecule has 0 aliphatic rings. The maximum Gasteiger partial charge on any atom is 0.0607 e. The molecule has 1 atom stereocenters. The Balaban J connectivity index is 2.67. The molecule has 0 bridgehead atoms. The summed E-state index contributed by atoms with van der Waals surface area (Å²) in [5.41, 5.74) is 1.09. The molecule has 1 unspecified atom stereocenters. The van der Waals surface area contributed by atoms with Gasteiger partial charge in [-0.1, -0.05) is 19.4 Å². The molecule has 0 saturated carbocycles. The van der Waals surface area contributed by atoms with E-state index < -0.39 is 0 Å². The molecule has 0 aliphatic carbocycles. The predicted octanol–water partition coefficient (Wildman–Crippen LogP) is 0.866. The molecule has 0 amide bonds. The van der Waals surface area contributed by atoms with Crippen LogP contribution in [-0.2, 0) is 0 Å². The van der Waals surface area contributed by atoms with Crippen molar-refractivity contribution in [2.24, 2.45) is 0 Å². The van der Waals surface area contributed by atoms with Crippen molar-refractivity contribution >= 4 is 0 Å². The lowest BCUT2D eigenvalue weighted by Crippen LogP contribution is -2.38. The molecule has 90 valence electrons. The molecule has 1 aromatic heterocycles. The molecule has 0 aliphatic heterocycles. The van der Waals surface area contributed by atoms with E-state index in [9.17, 15) is 0 Å². The monoisotopic (exact) mass is 224 g/mol. The lowest BCUT2D eigenvalue weighted by atomic mass is 10.0. The van der Waals surface area contributed by atoms with Gasteiger partial charge in [0, 0.05) is 18.4 Å². The predicted molar refractivity (Wildman–Crippen MR) is 63.0 cm³/mol. The van der Waals surface area contributed by atoms with Crippen molar-refractivity contribution in [3.63, 3.8) is 0 Å². The standard InChI is InChI=1S/C12H20N2O2/c1-2-4-12(14-11(8-15)9-16)10-5-3-6-13-7-10/h3,5-7,11-12,14-16H,2,4,8-9H2,1H3. The number of nitrogens with one attached hydrogen (secondary N) is 1. The first-order chi connectivity index (χ1) is 7.81. The first kappa shape index (κ1) is 13.1. The first-order valence-electron chi connectivity index (χ1n) is 5.69. The number of aliphatic hydroxyl groups is 2. The van der Waals surface area contributed by atoms with Crippen molar-refractivity contribution < 1.29 is 10.2 Å². The number of rotatable bonds is 7. The van der Waals surface area contributed by atoms with Gasteiger partial charge < -0.3 is 15.5 Å². The lowest BCUT2D eigenvalue weighted by Gasteiger charge is -2.23. The van der Waals surface area contributed by atoms with E-state index in [1.165, 1.54) is 0 Å². The molecule has 1 rings (SSSR count).